The highest BCUT2D eigenvalue weighted by molar-refractivity contribution is 4.60. The summed E-state index contributed by atoms with van der Waals surface area (Å²) in [4.78, 5) is 0. The molecule has 14 heavy (non-hydrogen) atoms. The quantitative estimate of drug-likeness (QED) is 0.393. The molecule has 0 amide bonds. The van der Waals surface area contributed by atoms with Gasteiger partial charge in [0.15, 0.2) is 0 Å². The summed E-state index contributed by atoms with van der Waals surface area (Å²) >= 11 is 0. The predicted octanol–water partition coefficient (Wildman–Crippen LogP) is 3.87. The summed E-state index contributed by atoms with van der Waals surface area (Å²) in [7, 11) is 0. The number of rotatable bonds is 10. The van der Waals surface area contributed by atoms with E-state index in [0.29, 0.717) is 0 Å². The minimum atomic E-state index is 0.808. The zero-order valence-electron chi connectivity index (χ0n) is 9.63. The molecular weight excluding hydrogens is 176 g/mol. The zero-order valence-corrected chi connectivity index (χ0v) is 9.63. The van der Waals surface area contributed by atoms with Gasteiger partial charge in [-0.2, -0.15) is 0 Å². The Morgan fingerprint density at radius 1 is 0.714 bits per heavy atom. The fraction of sp³-hybridized carbons (Fsp3) is 0.833. The predicted molar refractivity (Wildman–Crippen MR) is 60.1 cm³/mol. The second-order valence-electron chi connectivity index (χ2n) is 3.43. The molecule has 0 aromatic heterocycles. The third-order valence-corrected chi connectivity index (χ3v) is 1.98. The van der Waals surface area contributed by atoms with Crippen molar-refractivity contribution in [2.45, 2.75) is 52.4 Å². The van der Waals surface area contributed by atoms with Crippen LogP contribution in [0.5, 0.6) is 0 Å². The van der Waals surface area contributed by atoms with Gasteiger partial charge in [-0.25, -0.2) is 0 Å². The first-order valence-electron chi connectivity index (χ1n) is 5.80. The topological polar surface area (TPSA) is 18.5 Å². The van der Waals surface area contributed by atoms with Gasteiger partial charge in [-0.05, 0) is 12.8 Å². The van der Waals surface area contributed by atoms with Crippen LogP contribution >= 0.6 is 0 Å². The molecule has 0 rings (SSSR count). The van der Waals surface area contributed by atoms with Gasteiger partial charge in [0.25, 0.3) is 0 Å². The third-order valence-electron chi connectivity index (χ3n) is 1.98. The van der Waals surface area contributed by atoms with Crippen molar-refractivity contribution < 1.29 is 9.47 Å². The molecule has 0 fully saturated rings. The van der Waals surface area contributed by atoms with Crippen molar-refractivity contribution >= 4 is 0 Å². The molecule has 0 heterocycles. The smallest absolute Gasteiger partial charge is 0.117 e. The highest BCUT2D eigenvalue weighted by Crippen LogP contribution is 1.96. The average molecular weight is 200 g/mol. The highest BCUT2D eigenvalue weighted by atomic mass is 16.5. The monoisotopic (exact) mass is 200 g/mol. The van der Waals surface area contributed by atoms with Crippen molar-refractivity contribution in [3.63, 3.8) is 0 Å². The Bertz CT molecular complexity index is 107. The summed E-state index contributed by atoms with van der Waals surface area (Å²) in [5.74, 6) is 0. The van der Waals surface area contributed by atoms with Gasteiger partial charge >= 0.3 is 0 Å². The van der Waals surface area contributed by atoms with Crippen molar-refractivity contribution in [3.05, 3.63) is 12.5 Å². The number of ether oxygens (including phenoxy) is 2. The summed E-state index contributed by atoms with van der Waals surface area (Å²) in [6, 6.07) is 0. The minimum absolute atomic E-state index is 0.808. The first-order valence-corrected chi connectivity index (χ1v) is 5.80. The van der Waals surface area contributed by atoms with Gasteiger partial charge in [-0.15, -0.1) is 0 Å². The number of unbranched alkanes of at least 4 members (excludes halogenated alkanes) is 4. The largest absolute Gasteiger partial charge is 0.498 e. The van der Waals surface area contributed by atoms with E-state index in [1.54, 1.807) is 12.5 Å². The van der Waals surface area contributed by atoms with E-state index < -0.39 is 0 Å². The van der Waals surface area contributed by atoms with E-state index >= 15 is 0 Å². The molecule has 0 saturated carbocycles. The molecule has 0 radical (unpaired) electrons. The lowest BCUT2D eigenvalue weighted by atomic mass is 10.3. The molecule has 2 heteroatoms. The van der Waals surface area contributed by atoms with Crippen molar-refractivity contribution in [1.29, 1.82) is 0 Å². The van der Waals surface area contributed by atoms with Crippen LogP contribution in [0.15, 0.2) is 12.5 Å². The Morgan fingerprint density at radius 2 is 1.14 bits per heavy atom. The molecule has 0 unspecified atom stereocenters. The Balaban J connectivity index is 2.96. The van der Waals surface area contributed by atoms with Gasteiger partial charge in [0.1, 0.15) is 12.5 Å². The molecule has 0 aliphatic heterocycles. The molecule has 0 spiro atoms. The first-order chi connectivity index (χ1) is 6.91. The fourth-order valence-corrected chi connectivity index (χ4v) is 1.09. The maximum Gasteiger partial charge on any atom is 0.117 e. The van der Waals surface area contributed by atoms with Crippen molar-refractivity contribution in [3.8, 4) is 0 Å². The SMILES string of the molecule is CCCCCO/C=C\OCCCCC. The van der Waals surface area contributed by atoms with E-state index in [0.717, 1.165) is 26.1 Å². The van der Waals surface area contributed by atoms with Gasteiger partial charge in [-0.3, -0.25) is 0 Å². The maximum atomic E-state index is 5.24. The van der Waals surface area contributed by atoms with Crippen LogP contribution in [0.3, 0.4) is 0 Å². The van der Waals surface area contributed by atoms with Crippen LogP contribution in [0.2, 0.25) is 0 Å². The van der Waals surface area contributed by atoms with Gasteiger partial charge in [0.05, 0.1) is 13.2 Å². The summed E-state index contributed by atoms with van der Waals surface area (Å²) < 4.78 is 10.5. The lowest BCUT2D eigenvalue weighted by Gasteiger charge is -2.00. The van der Waals surface area contributed by atoms with E-state index in [4.69, 9.17) is 9.47 Å². The molecule has 0 atom stereocenters. The normalized spacial score (nSPS) is 10.7. The molecule has 0 bridgehead atoms. The third kappa shape index (κ3) is 11.3. The molecule has 0 aliphatic carbocycles. The minimum Gasteiger partial charge on any atom is -0.498 e. The van der Waals surface area contributed by atoms with Gasteiger partial charge in [0, 0.05) is 0 Å². The summed E-state index contributed by atoms with van der Waals surface area (Å²) in [5, 5.41) is 0. The second-order valence-corrected chi connectivity index (χ2v) is 3.43. The van der Waals surface area contributed by atoms with Crippen molar-refractivity contribution in [1.82, 2.24) is 0 Å². The second kappa shape index (κ2) is 12.3. The number of hydrogen-bond acceptors (Lipinski definition) is 2. The molecule has 0 aliphatic rings. The van der Waals surface area contributed by atoms with Crippen LogP contribution < -0.4 is 0 Å². The lowest BCUT2D eigenvalue weighted by Crippen LogP contribution is -1.89. The summed E-state index contributed by atoms with van der Waals surface area (Å²) in [6.45, 7) is 5.99. The van der Waals surface area contributed by atoms with Crippen molar-refractivity contribution in [2.24, 2.45) is 0 Å². The van der Waals surface area contributed by atoms with E-state index in [1.165, 1.54) is 25.7 Å². The standard InChI is InChI=1S/C12H24O2/c1-3-5-7-9-13-11-12-14-10-8-6-4-2/h11-12H,3-10H2,1-2H3/b12-11-. The van der Waals surface area contributed by atoms with Crippen molar-refractivity contribution in [2.75, 3.05) is 13.2 Å². The Hall–Kier alpha value is -0.660. The molecule has 0 aromatic rings. The lowest BCUT2D eigenvalue weighted by molar-refractivity contribution is 0.198. The van der Waals surface area contributed by atoms with Gasteiger partial charge < -0.3 is 9.47 Å². The Labute approximate surface area is 88.3 Å². The van der Waals surface area contributed by atoms with Crippen LogP contribution in [0.4, 0.5) is 0 Å². The van der Waals surface area contributed by atoms with Gasteiger partial charge in [-0.1, -0.05) is 39.5 Å². The average Bonchev–Trinajstić information content (AvgIpc) is 2.21. The molecule has 0 saturated heterocycles. The molecular formula is C12H24O2. The van der Waals surface area contributed by atoms with E-state index in [1.807, 2.05) is 0 Å². The molecule has 84 valence electrons. The molecule has 0 aromatic carbocycles. The van der Waals surface area contributed by atoms with E-state index in [9.17, 15) is 0 Å². The molecule has 2 nitrogen and oxygen atoms in total. The zero-order chi connectivity index (χ0) is 10.5. The first kappa shape index (κ1) is 13.3. The Morgan fingerprint density at radius 3 is 1.50 bits per heavy atom. The fourth-order valence-electron chi connectivity index (χ4n) is 1.09. The maximum absolute atomic E-state index is 5.24. The van der Waals surface area contributed by atoms with Crippen LogP contribution in [-0.2, 0) is 9.47 Å². The van der Waals surface area contributed by atoms with Crippen LogP contribution in [-0.4, -0.2) is 13.2 Å². The Kier molecular flexibility index (Phi) is 11.8. The summed E-state index contributed by atoms with van der Waals surface area (Å²) in [5.41, 5.74) is 0. The molecule has 0 N–H and O–H groups in total. The van der Waals surface area contributed by atoms with Crippen LogP contribution in [0.1, 0.15) is 52.4 Å². The van der Waals surface area contributed by atoms with Gasteiger partial charge in [0.2, 0.25) is 0 Å². The van der Waals surface area contributed by atoms with Crippen LogP contribution in [0, 0.1) is 0 Å². The summed E-state index contributed by atoms with van der Waals surface area (Å²) in [6.07, 6.45) is 10.5. The number of hydrogen-bond donors (Lipinski definition) is 0. The van der Waals surface area contributed by atoms with E-state index in [-0.39, 0.29) is 0 Å². The van der Waals surface area contributed by atoms with E-state index in [2.05, 4.69) is 13.8 Å². The van der Waals surface area contributed by atoms with Crippen LogP contribution in [0.25, 0.3) is 0 Å². The highest BCUT2D eigenvalue weighted by Gasteiger charge is 1.85.